The third-order valence-corrected chi connectivity index (χ3v) is 4.03. The van der Waals surface area contributed by atoms with E-state index >= 15 is 0 Å². The highest BCUT2D eigenvalue weighted by atomic mass is 19.1. The van der Waals surface area contributed by atoms with E-state index in [4.69, 9.17) is 4.74 Å². The number of carbonyl (C=O) groups is 1. The van der Waals surface area contributed by atoms with Gasteiger partial charge in [0, 0.05) is 18.7 Å². The molecule has 1 aromatic heterocycles. The van der Waals surface area contributed by atoms with Crippen LogP contribution in [0, 0.1) is 5.82 Å². The summed E-state index contributed by atoms with van der Waals surface area (Å²) >= 11 is 0. The first-order chi connectivity index (χ1) is 12.3. The van der Waals surface area contributed by atoms with E-state index in [1.807, 2.05) is 31.7 Å². The second-order valence-corrected chi connectivity index (χ2v) is 7.33. The van der Waals surface area contributed by atoms with Crippen molar-refractivity contribution >= 4 is 11.9 Å². The predicted molar refractivity (Wildman–Crippen MR) is 97.4 cm³/mol. The maximum Gasteiger partial charge on any atom is 0.407 e. The predicted octanol–water partition coefficient (Wildman–Crippen LogP) is 3.39. The number of nitrogens with one attached hydrogen (secondary N) is 1. The molecule has 0 radical (unpaired) electrons. The number of amides is 1. The Morgan fingerprint density at radius 2 is 2.00 bits per heavy atom. The molecule has 1 aromatic carbocycles. The molecule has 138 valence electrons. The van der Waals surface area contributed by atoms with Gasteiger partial charge in [-0.15, -0.1) is 10.2 Å². The zero-order chi connectivity index (χ0) is 18.7. The summed E-state index contributed by atoms with van der Waals surface area (Å²) in [5.74, 6) is 0.385. The summed E-state index contributed by atoms with van der Waals surface area (Å²) in [5.41, 5.74) is 0.406. The zero-order valence-corrected chi connectivity index (χ0v) is 15.2. The zero-order valence-electron chi connectivity index (χ0n) is 15.2. The highest BCUT2D eigenvalue weighted by Crippen LogP contribution is 2.23. The quantitative estimate of drug-likeness (QED) is 0.911. The summed E-state index contributed by atoms with van der Waals surface area (Å²) < 4.78 is 19.1. The number of carbonyl (C=O) groups excluding carboxylic acids is 1. The standard InChI is InChI=1S/C19H23FN4O2/c1-19(2,3)26-18(25)21-13-10-11-24(12-13)17-9-8-16(22-23-17)14-6-4-5-7-15(14)20/h4-9,13H,10-12H2,1-3H3,(H,21,25)/t13-/m1/s1. The van der Waals surface area contributed by atoms with Crippen LogP contribution in [0.2, 0.25) is 0 Å². The molecule has 3 rings (SSSR count). The minimum Gasteiger partial charge on any atom is -0.444 e. The van der Waals surface area contributed by atoms with E-state index in [2.05, 4.69) is 15.5 Å². The maximum absolute atomic E-state index is 13.8. The molecule has 0 saturated carbocycles. The number of aromatic nitrogens is 2. The molecule has 2 heterocycles. The fourth-order valence-electron chi connectivity index (χ4n) is 2.87. The van der Waals surface area contributed by atoms with Crippen molar-refractivity contribution in [1.82, 2.24) is 15.5 Å². The van der Waals surface area contributed by atoms with Crippen molar-refractivity contribution in [2.75, 3.05) is 18.0 Å². The molecule has 1 fully saturated rings. The second-order valence-electron chi connectivity index (χ2n) is 7.33. The Morgan fingerprint density at radius 1 is 1.23 bits per heavy atom. The Hall–Kier alpha value is -2.70. The van der Waals surface area contributed by atoms with Crippen molar-refractivity contribution in [2.24, 2.45) is 0 Å². The average molecular weight is 358 g/mol. The third kappa shape index (κ3) is 4.47. The van der Waals surface area contributed by atoms with Gasteiger partial charge >= 0.3 is 6.09 Å². The molecule has 0 bridgehead atoms. The molecule has 2 aromatic rings. The molecular formula is C19H23FN4O2. The highest BCUT2D eigenvalue weighted by Gasteiger charge is 2.27. The van der Waals surface area contributed by atoms with Crippen molar-refractivity contribution in [2.45, 2.75) is 38.8 Å². The van der Waals surface area contributed by atoms with Crippen LogP contribution in [-0.2, 0) is 4.74 Å². The van der Waals surface area contributed by atoms with Gasteiger partial charge in [0.2, 0.25) is 0 Å². The van der Waals surface area contributed by atoms with Gasteiger partial charge in [-0.1, -0.05) is 12.1 Å². The molecule has 1 saturated heterocycles. The van der Waals surface area contributed by atoms with E-state index in [1.165, 1.54) is 6.07 Å². The minimum absolute atomic E-state index is 0.00195. The smallest absolute Gasteiger partial charge is 0.407 e. The molecule has 0 spiro atoms. The topological polar surface area (TPSA) is 67.3 Å². The molecule has 0 aliphatic carbocycles. The largest absolute Gasteiger partial charge is 0.444 e. The Labute approximate surface area is 152 Å². The fraction of sp³-hybridized carbons (Fsp3) is 0.421. The van der Waals surface area contributed by atoms with Crippen LogP contribution in [0.4, 0.5) is 15.0 Å². The summed E-state index contributed by atoms with van der Waals surface area (Å²) in [7, 11) is 0. The van der Waals surface area contributed by atoms with E-state index in [1.54, 1.807) is 24.3 Å². The Morgan fingerprint density at radius 3 is 2.65 bits per heavy atom. The Balaban J connectivity index is 1.61. The number of anilines is 1. The Bertz CT molecular complexity index is 774. The number of benzene rings is 1. The first kappa shape index (κ1) is 18.1. The first-order valence-corrected chi connectivity index (χ1v) is 8.65. The molecule has 7 heteroatoms. The lowest BCUT2D eigenvalue weighted by Crippen LogP contribution is -2.40. The summed E-state index contributed by atoms with van der Waals surface area (Å²) in [4.78, 5) is 13.9. The van der Waals surface area contributed by atoms with Crippen LogP contribution < -0.4 is 10.2 Å². The van der Waals surface area contributed by atoms with Gasteiger partial charge < -0.3 is 15.0 Å². The normalized spacial score (nSPS) is 17.2. The highest BCUT2D eigenvalue weighted by molar-refractivity contribution is 5.68. The van der Waals surface area contributed by atoms with Crippen molar-refractivity contribution in [3.63, 3.8) is 0 Å². The van der Waals surface area contributed by atoms with Gasteiger partial charge in [0.15, 0.2) is 5.82 Å². The van der Waals surface area contributed by atoms with Gasteiger partial charge in [0.1, 0.15) is 11.4 Å². The number of halogens is 1. The van der Waals surface area contributed by atoms with Crippen LogP contribution >= 0.6 is 0 Å². The van der Waals surface area contributed by atoms with Gasteiger partial charge in [-0.2, -0.15) is 0 Å². The van der Waals surface area contributed by atoms with Crippen LogP contribution in [0.25, 0.3) is 11.3 Å². The average Bonchev–Trinajstić information content (AvgIpc) is 3.02. The van der Waals surface area contributed by atoms with Crippen molar-refractivity contribution in [3.05, 3.63) is 42.2 Å². The first-order valence-electron chi connectivity index (χ1n) is 8.65. The van der Waals surface area contributed by atoms with Gasteiger partial charge in [-0.05, 0) is 51.5 Å². The van der Waals surface area contributed by atoms with Crippen molar-refractivity contribution in [3.8, 4) is 11.3 Å². The number of ether oxygens (including phenoxy) is 1. The van der Waals surface area contributed by atoms with E-state index in [0.29, 0.717) is 23.6 Å². The SMILES string of the molecule is CC(C)(C)OC(=O)N[C@@H]1CCN(c2ccc(-c3ccccc3F)nn2)C1. The molecule has 0 unspecified atom stereocenters. The second kappa shape index (κ2) is 7.27. The summed E-state index contributed by atoms with van der Waals surface area (Å²) in [6.07, 6.45) is 0.390. The number of alkyl carbamates (subject to hydrolysis) is 1. The molecule has 26 heavy (non-hydrogen) atoms. The van der Waals surface area contributed by atoms with Crippen LogP contribution in [0.1, 0.15) is 27.2 Å². The lowest BCUT2D eigenvalue weighted by atomic mass is 10.1. The lowest BCUT2D eigenvalue weighted by Gasteiger charge is -2.22. The monoisotopic (exact) mass is 358 g/mol. The summed E-state index contributed by atoms with van der Waals surface area (Å²) in [5, 5.41) is 11.2. The van der Waals surface area contributed by atoms with E-state index in [0.717, 1.165) is 13.0 Å². The van der Waals surface area contributed by atoms with Crippen LogP contribution in [0.3, 0.4) is 0 Å². The molecule has 1 amide bonds. The lowest BCUT2D eigenvalue weighted by molar-refractivity contribution is 0.0509. The fourth-order valence-corrected chi connectivity index (χ4v) is 2.87. The molecular weight excluding hydrogens is 335 g/mol. The van der Waals surface area contributed by atoms with E-state index < -0.39 is 11.7 Å². The van der Waals surface area contributed by atoms with Crippen molar-refractivity contribution in [1.29, 1.82) is 0 Å². The number of hydrogen-bond donors (Lipinski definition) is 1. The number of hydrogen-bond acceptors (Lipinski definition) is 5. The molecule has 6 nitrogen and oxygen atoms in total. The third-order valence-electron chi connectivity index (χ3n) is 4.03. The van der Waals surface area contributed by atoms with Gasteiger partial charge in [0.05, 0.1) is 11.7 Å². The molecule has 1 aliphatic rings. The summed E-state index contributed by atoms with van der Waals surface area (Å²) in [6, 6.07) is 10.1. The molecule has 1 aliphatic heterocycles. The van der Waals surface area contributed by atoms with E-state index in [-0.39, 0.29) is 11.9 Å². The van der Waals surface area contributed by atoms with Crippen LogP contribution in [-0.4, -0.2) is 41.0 Å². The van der Waals surface area contributed by atoms with Gasteiger partial charge in [0.25, 0.3) is 0 Å². The molecule has 1 N–H and O–H groups in total. The maximum atomic E-state index is 13.8. The van der Waals surface area contributed by atoms with Gasteiger partial charge in [-0.25, -0.2) is 9.18 Å². The minimum atomic E-state index is -0.517. The number of rotatable bonds is 3. The van der Waals surface area contributed by atoms with Crippen molar-refractivity contribution < 1.29 is 13.9 Å². The van der Waals surface area contributed by atoms with Crippen LogP contribution in [0.15, 0.2) is 36.4 Å². The Kier molecular flexibility index (Phi) is 5.06. The molecule has 1 atom stereocenters. The van der Waals surface area contributed by atoms with Crippen LogP contribution in [0.5, 0.6) is 0 Å². The number of nitrogens with zero attached hydrogens (tertiary/aromatic N) is 3. The van der Waals surface area contributed by atoms with E-state index in [9.17, 15) is 9.18 Å². The summed E-state index contributed by atoms with van der Waals surface area (Å²) in [6.45, 7) is 6.89. The van der Waals surface area contributed by atoms with Gasteiger partial charge in [-0.3, -0.25) is 0 Å².